The smallest absolute Gasteiger partial charge is 0.137 e. The van der Waals surface area contributed by atoms with Crippen molar-refractivity contribution >= 4 is 0 Å². The molecule has 14 heavy (non-hydrogen) atoms. The van der Waals surface area contributed by atoms with Crippen LogP contribution < -0.4 is 10.5 Å². The maximum atomic E-state index is 5.89. The van der Waals surface area contributed by atoms with Crippen molar-refractivity contribution in [2.75, 3.05) is 7.11 Å². The zero-order chi connectivity index (χ0) is 10.6. The Hall–Kier alpha value is -1.09. The minimum atomic E-state index is -0.123. The number of hydrogen-bond acceptors (Lipinski definition) is 3. The summed E-state index contributed by atoms with van der Waals surface area (Å²) in [5, 5.41) is 0. The van der Waals surface area contributed by atoms with Crippen LogP contribution in [0.4, 0.5) is 0 Å². The summed E-state index contributed by atoms with van der Waals surface area (Å²) in [7, 11) is 1.64. The van der Waals surface area contributed by atoms with Crippen LogP contribution in [0.1, 0.15) is 26.0 Å². The summed E-state index contributed by atoms with van der Waals surface area (Å²) in [6, 6.07) is 3.90. The molecule has 78 valence electrons. The van der Waals surface area contributed by atoms with E-state index < -0.39 is 0 Å². The van der Waals surface area contributed by atoms with Crippen molar-refractivity contribution in [1.82, 2.24) is 4.98 Å². The van der Waals surface area contributed by atoms with Crippen molar-refractivity contribution in [1.29, 1.82) is 0 Å². The van der Waals surface area contributed by atoms with Crippen LogP contribution in [0.2, 0.25) is 0 Å². The van der Waals surface area contributed by atoms with E-state index >= 15 is 0 Å². The molecule has 0 amide bonds. The van der Waals surface area contributed by atoms with E-state index in [4.69, 9.17) is 10.5 Å². The van der Waals surface area contributed by atoms with Gasteiger partial charge in [-0.1, -0.05) is 0 Å². The van der Waals surface area contributed by atoms with Crippen LogP contribution in [0.3, 0.4) is 0 Å². The summed E-state index contributed by atoms with van der Waals surface area (Å²) in [5.41, 5.74) is 6.82. The van der Waals surface area contributed by atoms with Gasteiger partial charge in [-0.05, 0) is 38.8 Å². The molecule has 0 saturated carbocycles. The van der Waals surface area contributed by atoms with E-state index in [0.29, 0.717) is 0 Å². The van der Waals surface area contributed by atoms with Crippen molar-refractivity contribution in [2.24, 2.45) is 5.73 Å². The molecule has 1 aromatic heterocycles. The minimum Gasteiger partial charge on any atom is -0.495 e. The predicted octanol–water partition coefficient (Wildman–Crippen LogP) is 1.76. The number of aryl methyl sites for hydroxylation is 1. The van der Waals surface area contributed by atoms with Crippen LogP contribution in [-0.4, -0.2) is 17.6 Å². The molecule has 0 aliphatic heterocycles. The molecule has 0 unspecified atom stereocenters. The second kappa shape index (κ2) is 4.42. The van der Waals surface area contributed by atoms with Crippen molar-refractivity contribution in [3.8, 4) is 5.75 Å². The van der Waals surface area contributed by atoms with Gasteiger partial charge in [0.25, 0.3) is 0 Å². The molecular formula is C11H18N2O. The Balaban J connectivity index is 2.52. The lowest BCUT2D eigenvalue weighted by molar-refractivity contribution is 0.412. The van der Waals surface area contributed by atoms with Gasteiger partial charge in [-0.15, -0.1) is 0 Å². The Morgan fingerprint density at radius 1 is 1.43 bits per heavy atom. The van der Waals surface area contributed by atoms with Gasteiger partial charge in [0.2, 0.25) is 0 Å². The molecule has 0 saturated heterocycles. The summed E-state index contributed by atoms with van der Waals surface area (Å²) in [6.07, 6.45) is 3.58. The molecule has 1 heterocycles. The lowest BCUT2D eigenvalue weighted by atomic mass is 9.99. The molecule has 0 aromatic carbocycles. The lowest BCUT2D eigenvalue weighted by Crippen LogP contribution is -2.32. The maximum absolute atomic E-state index is 5.89. The van der Waals surface area contributed by atoms with Crippen LogP contribution in [0.15, 0.2) is 18.3 Å². The predicted molar refractivity (Wildman–Crippen MR) is 57.4 cm³/mol. The molecule has 0 aliphatic rings. The van der Waals surface area contributed by atoms with Gasteiger partial charge in [0.05, 0.1) is 13.3 Å². The van der Waals surface area contributed by atoms with Crippen LogP contribution >= 0.6 is 0 Å². The van der Waals surface area contributed by atoms with Gasteiger partial charge in [0.1, 0.15) is 5.75 Å². The Morgan fingerprint density at radius 3 is 2.57 bits per heavy atom. The second-order valence-electron chi connectivity index (χ2n) is 4.18. The minimum absolute atomic E-state index is 0.123. The Bertz CT molecular complexity index is 274. The standard InChI is InChI=1S/C11H18N2O/c1-11(2,12)7-6-9-4-5-10(14-3)8-13-9/h4-5,8H,6-7,12H2,1-3H3. The first-order valence-electron chi connectivity index (χ1n) is 4.79. The van der Waals surface area contributed by atoms with E-state index in [2.05, 4.69) is 4.98 Å². The molecule has 1 rings (SSSR count). The molecule has 0 spiro atoms. The van der Waals surface area contributed by atoms with Crippen LogP contribution in [0.25, 0.3) is 0 Å². The van der Waals surface area contributed by atoms with E-state index in [0.717, 1.165) is 24.3 Å². The number of aromatic nitrogens is 1. The number of ether oxygens (including phenoxy) is 1. The fraction of sp³-hybridized carbons (Fsp3) is 0.545. The van der Waals surface area contributed by atoms with Gasteiger partial charge in [-0.2, -0.15) is 0 Å². The fourth-order valence-electron chi connectivity index (χ4n) is 1.13. The third kappa shape index (κ3) is 3.75. The van der Waals surface area contributed by atoms with Gasteiger partial charge in [0.15, 0.2) is 0 Å². The molecular weight excluding hydrogens is 176 g/mol. The van der Waals surface area contributed by atoms with Crippen LogP contribution in [0, 0.1) is 0 Å². The number of hydrogen-bond donors (Lipinski definition) is 1. The van der Waals surface area contributed by atoms with Crippen molar-refractivity contribution in [2.45, 2.75) is 32.2 Å². The third-order valence-corrected chi connectivity index (χ3v) is 2.06. The summed E-state index contributed by atoms with van der Waals surface area (Å²) >= 11 is 0. The Morgan fingerprint density at radius 2 is 2.14 bits per heavy atom. The highest BCUT2D eigenvalue weighted by molar-refractivity contribution is 5.19. The van der Waals surface area contributed by atoms with E-state index in [9.17, 15) is 0 Å². The molecule has 0 bridgehead atoms. The highest BCUT2D eigenvalue weighted by Gasteiger charge is 2.10. The van der Waals surface area contributed by atoms with Crippen molar-refractivity contribution in [3.63, 3.8) is 0 Å². The molecule has 0 atom stereocenters. The molecule has 3 heteroatoms. The highest BCUT2D eigenvalue weighted by atomic mass is 16.5. The summed E-state index contributed by atoms with van der Waals surface area (Å²) in [5.74, 6) is 0.792. The Labute approximate surface area is 85.3 Å². The largest absolute Gasteiger partial charge is 0.495 e. The molecule has 0 radical (unpaired) electrons. The van der Waals surface area contributed by atoms with Crippen molar-refractivity contribution in [3.05, 3.63) is 24.0 Å². The van der Waals surface area contributed by atoms with Gasteiger partial charge in [-0.25, -0.2) is 0 Å². The third-order valence-electron chi connectivity index (χ3n) is 2.06. The first-order chi connectivity index (χ1) is 6.51. The Kier molecular flexibility index (Phi) is 3.47. The molecule has 1 aromatic rings. The normalized spacial score (nSPS) is 11.4. The molecule has 2 N–H and O–H groups in total. The van der Waals surface area contributed by atoms with Gasteiger partial charge < -0.3 is 10.5 Å². The second-order valence-corrected chi connectivity index (χ2v) is 4.18. The maximum Gasteiger partial charge on any atom is 0.137 e. The average Bonchev–Trinajstić information content (AvgIpc) is 2.14. The zero-order valence-corrected chi connectivity index (χ0v) is 9.08. The summed E-state index contributed by atoms with van der Waals surface area (Å²) in [6.45, 7) is 4.05. The number of nitrogens with zero attached hydrogens (tertiary/aromatic N) is 1. The summed E-state index contributed by atoms with van der Waals surface area (Å²) < 4.78 is 5.03. The summed E-state index contributed by atoms with van der Waals surface area (Å²) in [4.78, 5) is 4.27. The number of pyridine rings is 1. The quantitative estimate of drug-likeness (QED) is 0.794. The number of methoxy groups -OCH3 is 1. The fourth-order valence-corrected chi connectivity index (χ4v) is 1.13. The van der Waals surface area contributed by atoms with Gasteiger partial charge in [-0.3, -0.25) is 4.98 Å². The van der Waals surface area contributed by atoms with Crippen molar-refractivity contribution < 1.29 is 4.74 Å². The zero-order valence-electron chi connectivity index (χ0n) is 9.08. The topological polar surface area (TPSA) is 48.1 Å². The van der Waals surface area contributed by atoms with E-state index in [1.807, 2.05) is 26.0 Å². The lowest BCUT2D eigenvalue weighted by Gasteiger charge is -2.17. The SMILES string of the molecule is COc1ccc(CCC(C)(C)N)nc1. The molecule has 0 aliphatic carbocycles. The van der Waals surface area contributed by atoms with Gasteiger partial charge in [0, 0.05) is 11.2 Å². The number of rotatable bonds is 4. The van der Waals surface area contributed by atoms with E-state index in [1.165, 1.54) is 0 Å². The van der Waals surface area contributed by atoms with Crippen LogP contribution in [-0.2, 0) is 6.42 Å². The highest BCUT2D eigenvalue weighted by Crippen LogP contribution is 2.12. The monoisotopic (exact) mass is 194 g/mol. The van der Waals surface area contributed by atoms with Gasteiger partial charge >= 0.3 is 0 Å². The molecule has 3 nitrogen and oxygen atoms in total. The average molecular weight is 194 g/mol. The van der Waals surface area contributed by atoms with E-state index in [-0.39, 0.29) is 5.54 Å². The molecule has 0 fully saturated rings. The first kappa shape index (κ1) is 11.0. The first-order valence-corrected chi connectivity index (χ1v) is 4.79. The van der Waals surface area contributed by atoms with E-state index in [1.54, 1.807) is 13.3 Å². The number of nitrogens with two attached hydrogens (primary N) is 1. The van der Waals surface area contributed by atoms with Crippen LogP contribution in [0.5, 0.6) is 5.75 Å².